The third-order valence-electron chi connectivity index (χ3n) is 3.87. The number of nitrogens with zero attached hydrogens (tertiary/aromatic N) is 1. The van der Waals surface area contributed by atoms with E-state index >= 15 is 0 Å². The molecule has 1 aliphatic rings. The first-order valence-corrected chi connectivity index (χ1v) is 7.55. The summed E-state index contributed by atoms with van der Waals surface area (Å²) in [6, 6.07) is 8.45. The molecule has 0 bridgehead atoms. The highest BCUT2D eigenvalue weighted by molar-refractivity contribution is 6.35. The summed E-state index contributed by atoms with van der Waals surface area (Å²) >= 11 is 6.25. The first-order valence-electron chi connectivity index (χ1n) is 7.17. The number of rotatable bonds is 3. The molecule has 1 saturated heterocycles. The van der Waals surface area contributed by atoms with Crippen molar-refractivity contribution in [3.05, 3.63) is 41.0 Å². The summed E-state index contributed by atoms with van der Waals surface area (Å²) in [4.78, 5) is 4.50. The van der Waals surface area contributed by atoms with Gasteiger partial charge in [0, 0.05) is 34.8 Å². The second-order valence-corrected chi connectivity index (χ2v) is 5.58. The van der Waals surface area contributed by atoms with E-state index in [0.717, 1.165) is 47.5 Å². The molecule has 2 atom stereocenters. The van der Waals surface area contributed by atoms with Gasteiger partial charge in [0.25, 0.3) is 0 Å². The fourth-order valence-corrected chi connectivity index (χ4v) is 3.12. The number of ether oxygens (including phenoxy) is 1. The van der Waals surface area contributed by atoms with E-state index < -0.39 is 0 Å². The fourth-order valence-electron chi connectivity index (χ4n) is 2.91. The van der Waals surface area contributed by atoms with Crippen LogP contribution >= 0.6 is 11.6 Å². The largest absolute Gasteiger partial charge is 0.373 e. The van der Waals surface area contributed by atoms with Gasteiger partial charge in [-0.3, -0.25) is 4.98 Å². The van der Waals surface area contributed by atoms with Crippen LogP contribution in [-0.2, 0) is 4.74 Å². The molecule has 1 N–H and O–H groups in total. The molecule has 4 heteroatoms. The van der Waals surface area contributed by atoms with Gasteiger partial charge in [-0.15, -0.1) is 0 Å². The maximum Gasteiger partial charge on any atom is 0.0860 e. The van der Waals surface area contributed by atoms with Gasteiger partial charge in [0.2, 0.25) is 0 Å². The van der Waals surface area contributed by atoms with Crippen molar-refractivity contribution in [3.63, 3.8) is 0 Å². The van der Waals surface area contributed by atoms with E-state index in [0.29, 0.717) is 6.04 Å². The number of fused-ring (bicyclic) bond motifs is 1. The lowest BCUT2D eigenvalue weighted by molar-refractivity contribution is 0.00135. The predicted octanol–water partition coefficient (Wildman–Crippen LogP) is 3.72. The Morgan fingerprint density at radius 1 is 1.40 bits per heavy atom. The minimum absolute atomic E-state index is 0.0995. The molecule has 3 nitrogen and oxygen atoms in total. The topological polar surface area (TPSA) is 34.1 Å². The summed E-state index contributed by atoms with van der Waals surface area (Å²) in [5.41, 5.74) is 2.11. The number of pyridine rings is 1. The average molecular weight is 291 g/mol. The highest BCUT2D eigenvalue weighted by Gasteiger charge is 2.25. The lowest BCUT2D eigenvalue weighted by Gasteiger charge is -2.30. The Labute approximate surface area is 124 Å². The molecule has 1 aromatic heterocycles. The van der Waals surface area contributed by atoms with Crippen LogP contribution < -0.4 is 5.32 Å². The number of benzene rings is 1. The lowest BCUT2D eigenvalue weighted by atomic mass is 9.95. The average Bonchev–Trinajstić information content (AvgIpc) is 2.49. The predicted molar refractivity (Wildman–Crippen MR) is 82.1 cm³/mol. The minimum Gasteiger partial charge on any atom is -0.373 e. The maximum absolute atomic E-state index is 6.25. The minimum atomic E-state index is 0.0995. The van der Waals surface area contributed by atoms with E-state index in [4.69, 9.17) is 16.3 Å². The molecule has 0 aliphatic carbocycles. The van der Waals surface area contributed by atoms with Gasteiger partial charge in [0.15, 0.2) is 0 Å². The van der Waals surface area contributed by atoms with Crippen LogP contribution in [0.25, 0.3) is 10.9 Å². The standard InChI is InChI=1S/C16H19ClN2O/c1-2-18-11-7-9-20-15(10-11)13-5-6-14(17)12-4-3-8-19-16(12)13/h3-6,8,11,15,18H,2,7,9-10H2,1H3. The Hall–Kier alpha value is -1.16. The molecular weight excluding hydrogens is 272 g/mol. The molecule has 106 valence electrons. The van der Waals surface area contributed by atoms with Crippen LogP contribution in [-0.4, -0.2) is 24.2 Å². The van der Waals surface area contributed by atoms with Crippen LogP contribution in [0.3, 0.4) is 0 Å². The first-order chi connectivity index (χ1) is 9.79. The van der Waals surface area contributed by atoms with Crippen molar-refractivity contribution in [2.45, 2.75) is 31.9 Å². The quantitative estimate of drug-likeness (QED) is 0.935. The molecule has 20 heavy (non-hydrogen) atoms. The zero-order valence-electron chi connectivity index (χ0n) is 11.6. The van der Waals surface area contributed by atoms with E-state index in [9.17, 15) is 0 Å². The van der Waals surface area contributed by atoms with Crippen LogP contribution in [0.1, 0.15) is 31.4 Å². The second-order valence-electron chi connectivity index (χ2n) is 5.17. The van der Waals surface area contributed by atoms with Crippen LogP contribution in [0, 0.1) is 0 Å². The molecule has 2 aromatic rings. The summed E-state index contributed by atoms with van der Waals surface area (Å²) in [5, 5.41) is 5.26. The number of halogens is 1. The smallest absolute Gasteiger partial charge is 0.0860 e. The molecule has 0 radical (unpaired) electrons. The van der Waals surface area contributed by atoms with Crippen LogP contribution in [0.15, 0.2) is 30.5 Å². The number of hydrogen-bond donors (Lipinski definition) is 1. The van der Waals surface area contributed by atoms with Gasteiger partial charge in [0.05, 0.1) is 11.6 Å². The Balaban J connectivity index is 1.95. The SMILES string of the molecule is CCNC1CCOC(c2ccc(Cl)c3cccnc23)C1. The molecule has 2 heterocycles. The van der Waals surface area contributed by atoms with Crippen molar-refractivity contribution >= 4 is 22.5 Å². The summed E-state index contributed by atoms with van der Waals surface area (Å²) < 4.78 is 5.97. The molecule has 0 spiro atoms. The fraction of sp³-hybridized carbons (Fsp3) is 0.438. The normalized spacial score (nSPS) is 23.1. The zero-order valence-corrected chi connectivity index (χ0v) is 12.4. The summed E-state index contributed by atoms with van der Waals surface area (Å²) in [6.07, 6.45) is 3.97. The van der Waals surface area contributed by atoms with Crippen molar-refractivity contribution in [3.8, 4) is 0 Å². The number of aromatic nitrogens is 1. The third kappa shape index (κ3) is 2.66. The van der Waals surface area contributed by atoms with Crippen molar-refractivity contribution in [1.82, 2.24) is 10.3 Å². The van der Waals surface area contributed by atoms with Gasteiger partial charge in [-0.1, -0.05) is 24.6 Å². The molecule has 0 saturated carbocycles. The zero-order chi connectivity index (χ0) is 13.9. The van der Waals surface area contributed by atoms with Gasteiger partial charge >= 0.3 is 0 Å². The van der Waals surface area contributed by atoms with Crippen molar-refractivity contribution in [2.75, 3.05) is 13.2 Å². The van der Waals surface area contributed by atoms with Crippen molar-refractivity contribution in [1.29, 1.82) is 0 Å². The molecule has 0 amide bonds. The van der Waals surface area contributed by atoms with Gasteiger partial charge < -0.3 is 10.1 Å². The second kappa shape index (κ2) is 6.08. The highest BCUT2D eigenvalue weighted by atomic mass is 35.5. The van der Waals surface area contributed by atoms with Gasteiger partial charge in [-0.25, -0.2) is 0 Å². The Kier molecular flexibility index (Phi) is 4.20. The Morgan fingerprint density at radius 2 is 2.30 bits per heavy atom. The van der Waals surface area contributed by atoms with E-state index in [1.54, 1.807) is 0 Å². The van der Waals surface area contributed by atoms with Crippen molar-refractivity contribution in [2.24, 2.45) is 0 Å². The summed E-state index contributed by atoms with van der Waals surface area (Å²) in [6.45, 7) is 3.93. The lowest BCUT2D eigenvalue weighted by Crippen LogP contribution is -2.35. The molecular formula is C16H19ClN2O. The van der Waals surface area contributed by atoms with E-state index in [2.05, 4.69) is 23.3 Å². The maximum atomic E-state index is 6.25. The monoisotopic (exact) mass is 290 g/mol. The highest BCUT2D eigenvalue weighted by Crippen LogP contribution is 2.34. The Bertz CT molecular complexity index is 600. The van der Waals surface area contributed by atoms with Gasteiger partial charge in [-0.05, 0) is 37.6 Å². The molecule has 1 aliphatic heterocycles. The van der Waals surface area contributed by atoms with Crippen LogP contribution in [0.2, 0.25) is 5.02 Å². The van der Waals surface area contributed by atoms with E-state index in [1.165, 1.54) is 0 Å². The first kappa shape index (κ1) is 13.8. The van der Waals surface area contributed by atoms with Crippen LogP contribution in [0.5, 0.6) is 0 Å². The summed E-state index contributed by atoms with van der Waals surface area (Å²) in [5.74, 6) is 0. The molecule has 1 aromatic carbocycles. The van der Waals surface area contributed by atoms with Gasteiger partial charge in [0.1, 0.15) is 0 Å². The number of hydrogen-bond acceptors (Lipinski definition) is 3. The van der Waals surface area contributed by atoms with Crippen LogP contribution in [0.4, 0.5) is 0 Å². The van der Waals surface area contributed by atoms with E-state index in [-0.39, 0.29) is 6.10 Å². The van der Waals surface area contributed by atoms with E-state index in [1.807, 2.05) is 24.4 Å². The molecule has 3 rings (SSSR count). The number of nitrogens with one attached hydrogen (secondary N) is 1. The third-order valence-corrected chi connectivity index (χ3v) is 4.20. The van der Waals surface area contributed by atoms with Gasteiger partial charge in [-0.2, -0.15) is 0 Å². The van der Waals surface area contributed by atoms with Crippen molar-refractivity contribution < 1.29 is 4.74 Å². The molecule has 2 unspecified atom stereocenters. The molecule has 1 fully saturated rings. The summed E-state index contributed by atoms with van der Waals surface area (Å²) in [7, 11) is 0. The Morgan fingerprint density at radius 3 is 3.15 bits per heavy atom.